The van der Waals surface area contributed by atoms with Gasteiger partial charge in [-0.15, -0.1) is 0 Å². The molecule has 0 aromatic rings. The first-order valence-corrected chi connectivity index (χ1v) is 5.91. The van der Waals surface area contributed by atoms with Crippen molar-refractivity contribution in [2.24, 2.45) is 5.73 Å². The van der Waals surface area contributed by atoms with Crippen molar-refractivity contribution in [3.8, 4) is 0 Å². The summed E-state index contributed by atoms with van der Waals surface area (Å²) in [6.45, 7) is 1.34. The second-order valence-corrected chi connectivity index (χ2v) is 4.31. The van der Waals surface area contributed by atoms with E-state index in [1.54, 1.807) is 0 Å². The third-order valence-electron chi connectivity index (χ3n) is 2.66. The molecule has 6 nitrogen and oxygen atoms in total. The van der Waals surface area contributed by atoms with Crippen LogP contribution in [0.3, 0.4) is 0 Å². The van der Waals surface area contributed by atoms with E-state index in [4.69, 9.17) is 5.73 Å². The quantitative estimate of drug-likeness (QED) is 0.459. The summed E-state index contributed by atoms with van der Waals surface area (Å²) in [6.07, 6.45) is 4.12. The summed E-state index contributed by atoms with van der Waals surface area (Å²) >= 11 is 0. The summed E-state index contributed by atoms with van der Waals surface area (Å²) < 4.78 is 0. The molecule has 1 fully saturated rings. The fraction of sp³-hybridized carbons (Fsp3) is 0.727. The normalized spacial score (nSPS) is 16.9. The molecule has 0 aromatic heterocycles. The maximum atomic E-state index is 11.1. The average molecular weight is 241 g/mol. The summed E-state index contributed by atoms with van der Waals surface area (Å²) in [5.74, 6) is -0.715. The molecule has 3 N–H and O–H groups in total. The van der Waals surface area contributed by atoms with Gasteiger partial charge in [-0.1, -0.05) is 12.8 Å². The monoisotopic (exact) mass is 241 g/mol. The van der Waals surface area contributed by atoms with Gasteiger partial charge in [0.1, 0.15) is 0 Å². The van der Waals surface area contributed by atoms with Crippen molar-refractivity contribution in [3.63, 3.8) is 0 Å². The number of rotatable bonds is 7. The molecule has 0 unspecified atom stereocenters. The number of primary amides is 1. The number of nitrogens with two attached hydrogens (primary N) is 1. The molecule has 0 spiro atoms. The SMILES string of the molecule is NC(=O)CCCCCCN1CC(=O)NC(=O)C1. The predicted octanol–water partition coefficient (Wildman–Crippen LogP) is -0.619. The van der Waals surface area contributed by atoms with Crippen LogP contribution in [0.4, 0.5) is 0 Å². The number of hydrogen-bond acceptors (Lipinski definition) is 4. The Morgan fingerprint density at radius 3 is 2.29 bits per heavy atom. The summed E-state index contributed by atoms with van der Waals surface area (Å²) in [5.41, 5.74) is 5.03. The van der Waals surface area contributed by atoms with Gasteiger partial charge < -0.3 is 5.73 Å². The Balaban J connectivity index is 2.04. The van der Waals surface area contributed by atoms with Crippen molar-refractivity contribution in [3.05, 3.63) is 0 Å². The number of imide groups is 1. The molecule has 1 rings (SSSR count). The van der Waals surface area contributed by atoms with Gasteiger partial charge in [0.15, 0.2) is 0 Å². The maximum absolute atomic E-state index is 11.1. The third kappa shape index (κ3) is 6.01. The number of hydrogen-bond donors (Lipinski definition) is 2. The fourth-order valence-electron chi connectivity index (χ4n) is 1.84. The minimum absolute atomic E-state index is 0.227. The molecule has 0 aromatic carbocycles. The number of piperazine rings is 1. The maximum Gasteiger partial charge on any atom is 0.240 e. The zero-order chi connectivity index (χ0) is 12.7. The number of nitrogens with one attached hydrogen (secondary N) is 1. The molecule has 0 radical (unpaired) electrons. The Morgan fingerprint density at radius 2 is 1.71 bits per heavy atom. The van der Waals surface area contributed by atoms with Crippen LogP contribution in [0.15, 0.2) is 0 Å². The molecule has 1 heterocycles. The van der Waals surface area contributed by atoms with E-state index < -0.39 is 0 Å². The third-order valence-corrected chi connectivity index (χ3v) is 2.66. The summed E-state index contributed by atoms with van der Waals surface area (Å²) in [6, 6.07) is 0. The Bertz CT molecular complexity index is 288. The van der Waals surface area contributed by atoms with Gasteiger partial charge in [0, 0.05) is 6.42 Å². The Kier molecular flexibility index (Phi) is 5.62. The van der Waals surface area contributed by atoms with Gasteiger partial charge in [-0.05, 0) is 19.4 Å². The lowest BCUT2D eigenvalue weighted by Gasteiger charge is -2.24. The van der Waals surface area contributed by atoms with E-state index in [1.165, 1.54) is 0 Å². The molecule has 1 aliphatic rings. The van der Waals surface area contributed by atoms with Gasteiger partial charge >= 0.3 is 0 Å². The first kappa shape index (κ1) is 13.6. The van der Waals surface area contributed by atoms with E-state index in [0.29, 0.717) is 19.5 Å². The average Bonchev–Trinajstić information content (AvgIpc) is 2.21. The highest BCUT2D eigenvalue weighted by molar-refractivity contribution is 5.99. The van der Waals surface area contributed by atoms with Crippen molar-refractivity contribution in [2.75, 3.05) is 19.6 Å². The van der Waals surface area contributed by atoms with Crippen molar-refractivity contribution < 1.29 is 14.4 Å². The van der Waals surface area contributed by atoms with E-state index in [-0.39, 0.29) is 17.7 Å². The molecule has 0 saturated carbocycles. The van der Waals surface area contributed by atoms with Gasteiger partial charge in [-0.25, -0.2) is 0 Å². The summed E-state index contributed by atoms with van der Waals surface area (Å²) in [7, 11) is 0. The van der Waals surface area contributed by atoms with Crippen molar-refractivity contribution in [1.82, 2.24) is 10.2 Å². The molecule has 1 saturated heterocycles. The highest BCUT2D eigenvalue weighted by atomic mass is 16.2. The first-order valence-electron chi connectivity index (χ1n) is 5.91. The van der Waals surface area contributed by atoms with Crippen LogP contribution in [-0.4, -0.2) is 42.3 Å². The summed E-state index contributed by atoms with van der Waals surface area (Å²) in [5, 5.41) is 2.26. The van der Waals surface area contributed by atoms with Gasteiger partial charge in [-0.3, -0.25) is 24.6 Å². The minimum atomic E-state index is -0.261. The molecule has 0 atom stereocenters. The zero-order valence-corrected chi connectivity index (χ0v) is 9.91. The van der Waals surface area contributed by atoms with E-state index >= 15 is 0 Å². The molecule has 1 aliphatic heterocycles. The lowest BCUT2D eigenvalue weighted by atomic mass is 10.1. The molecular formula is C11H19N3O3. The van der Waals surface area contributed by atoms with Gasteiger partial charge in [-0.2, -0.15) is 0 Å². The Morgan fingerprint density at radius 1 is 1.12 bits per heavy atom. The molecule has 6 heteroatoms. The predicted molar refractivity (Wildman–Crippen MR) is 61.9 cm³/mol. The fourth-order valence-corrected chi connectivity index (χ4v) is 1.84. The number of carbonyl (C=O) groups is 3. The highest BCUT2D eigenvalue weighted by Gasteiger charge is 2.21. The lowest BCUT2D eigenvalue weighted by Crippen LogP contribution is -2.51. The molecular weight excluding hydrogens is 222 g/mol. The molecule has 96 valence electrons. The number of nitrogens with zero attached hydrogens (tertiary/aromatic N) is 1. The molecule has 3 amide bonds. The molecule has 0 bridgehead atoms. The van der Waals surface area contributed by atoms with E-state index in [2.05, 4.69) is 5.32 Å². The minimum Gasteiger partial charge on any atom is -0.370 e. The van der Waals surface area contributed by atoms with Gasteiger partial charge in [0.25, 0.3) is 0 Å². The smallest absolute Gasteiger partial charge is 0.240 e. The van der Waals surface area contributed by atoms with E-state index in [9.17, 15) is 14.4 Å². The van der Waals surface area contributed by atoms with Crippen LogP contribution in [-0.2, 0) is 14.4 Å². The molecule has 17 heavy (non-hydrogen) atoms. The second-order valence-electron chi connectivity index (χ2n) is 4.31. The van der Waals surface area contributed by atoms with Crippen LogP contribution in [0, 0.1) is 0 Å². The summed E-state index contributed by atoms with van der Waals surface area (Å²) in [4.78, 5) is 34.5. The van der Waals surface area contributed by atoms with Crippen molar-refractivity contribution >= 4 is 17.7 Å². The van der Waals surface area contributed by atoms with Gasteiger partial charge in [0.2, 0.25) is 17.7 Å². The number of unbranched alkanes of at least 4 members (excludes halogenated alkanes) is 3. The van der Waals surface area contributed by atoms with Crippen molar-refractivity contribution in [2.45, 2.75) is 32.1 Å². The standard InChI is InChI=1S/C11H19N3O3/c12-9(15)5-3-1-2-4-6-14-7-10(16)13-11(17)8-14/h1-8H2,(H2,12,15)(H,13,16,17). The number of carbonyl (C=O) groups excluding carboxylic acids is 3. The van der Waals surface area contributed by atoms with Crippen LogP contribution in [0.25, 0.3) is 0 Å². The Hall–Kier alpha value is -1.43. The molecule has 0 aliphatic carbocycles. The Labute approximate surface area is 101 Å². The first-order chi connectivity index (χ1) is 8.08. The lowest BCUT2D eigenvalue weighted by molar-refractivity contribution is -0.136. The topological polar surface area (TPSA) is 92.5 Å². The van der Waals surface area contributed by atoms with Crippen LogP contribution in [0.5, 0.6) is 0 Å². The van der Waals surface area contributed by atoms with Crippen molar-refractivity contribution in [1.29, 1.82) is 0 Å². The highest BCUT2D eigenvalue weighted by Crippen LogP contribution is 2.05. The number of amides is 3. The van der Waals surface area contributed by atoms with Crippen LogP contribution >= 0.6 is 0 Å². The van der Waals surface area contributed by atoms with Crippen LogP contribution < -0.4 is 11.1 Å². The van der Waals surface area contributed by atoms with E-state index in [0.717, 1.165) is 32.2 Å². The van der Waals surface area contributed by atoms with Gasteiger partial charge in [0.05, 0.1) is 13.1 Å². The zero-order valence-electron chi connectivity index (χ0n) is 9.91. The second kappa shape index (κ2) is 7.01. The van der Waals surface area contributed by atoms with Crippen LogP contribution in [0.1, 0.15) is 32.1 Å². The van der Waals surface area contributed by atoms with Crippen LogP contribution in [0.2, 0.25) is 0 Å². The van der Waals surface area contributed by atoms with E-state index in [1.807, 2.05) is 4.90 Å². The largest absolute Gasteiger partial charge is 0.370 e.